The smallest absolute Gasteiger partial charge is 0.161 e. The SMILES string of the molecule is OC(c1cc(F)c(F)cc1F)c1cc(Cl)sc1Cl. The van der Waals surface area contributed by atoms with Crippen molar-refractivity contribution < 1.29 is 18.3 Å². The molecule has 0 saturated heterocycles. The number of aliphatic hydroxyl groups is 1. The minimum Gasteiger partial charge on any atom is -0.383 e. The molecule has 0 aliphatic carbocycles. The van der Waals surface area contributed by atoms with E-state index in [1.807, 2.05) is 0 Å². The van der Waals surface area contributed by atoms with Gasteiger partial charge in [0, 0.05) is 17.2 Å². The van der Waals surface area contributed by atoms with E-state index in [4.69, 9.17) is 23.2 Å². The van der Waals surface area contributed by atoms with Gasteiger partial charge in [0.1, 0.15) is 16.3 Å². The van der Waals surface area contributed by atoms with Crippen LogP contribution in [0.25, 0.3) is 0 Å². The van der Waals surface area contributed by atoms with Gasteiger partial charge in [-0.1, -0.05) is 23.2 Å². The van der Waals surface area contributed by atoms with E-state index in [-0.39, 0.29) is 9.90 Å². The first kappa shape index (κ1) is 13.7. The van der Waals surface area contributed by atoms with Gasteiger partial charge in [-0.25, -0.2) is 13.2 Å². The van der Waals surface area contributed by atoms with Gasteiger partial charge in [-0.2, -0.15) is 0 Å². The summed E-state index contributed by atoms with van der Waals surface area (Å²) in [5.74, 6) is -3.62. The van der Waals surface area contributed by atoms with Crippen LogP contribution in [0.1, 0.15) is 17.2 Å². The highest BCUT2D eigenvalue weighted by Crippen LogP contribution is 2.38. The van der Waals surface area contributed by atoms with E-state index in [0.717, 1.165) is 11.3 Å². The monoisotopic (exact) mass is 312 g/mol. The van der Waals surface area contributed by atoms with Crippen LogP contribution >= 0.6 is 34.5 Å². The van der Waals surface area contributed by atoms with Gasteiger partial charge in [-0.15, -0.1) is 11.3 Å². The molecule has 0 bridgehead atoms. The Morgan fingerprint density at radius 2 is 1.56 bits per heavy atom. The zero-order valence-electron chi connectivity index (χ0n) is 8.55. The van der Waals surface area contributed by atoms with Crippen LogP contribution in [0.5, 0.6) is 0 Å². The highest BCUT2D eigenvalue weighted by molar-refractivity contribution is 7.20. The predicted molar refractivity (Wildman–Crippen MR) is 64.7 cm³/mol. The summed E-state index contributed by atoms with van der Waals surface area (Å²) < 4.78 is 39.7. The number of halogens is 5. The fourth-order valence-electron chi connectivity index (χ4n) is 1.45. The van der Waals surface area contributed by atoms with Crippen molar-refractivity contribution in [2.75, 3.05) is 0 Å². The highest BCUT2D eigenvalue weighted by atomic mass is 35.5. The lowest BCUT2D eigenvalue weighted by Gasteiger charge is -2.11. The van der Waals surface area contributed by atoms with Gasteiger partial charge in [0.2, 0.25) is 0 Å². The third kappa shape index (κ3) is 2.49. The maximum Gasteiger partial charge on any atom is 0.161 e. The van der Waals surface area contributed by atoms with Crippen molar-refractivity contribution >= 4 is 34.5 Å². The van der Waals surface area contributed by atoms with Crippen molar-refractivity contribution in [3.8, 4) is 0 Å². The second kappa shape index (κ2) is 5.09. The van der Waals surface area contributed by atoms with Crippen molar-refractivity contribution in [1.29, 1.82) is 0 Å². The largest absolute Gasteiger partial charge is 0.383 e. The lowest BCUT2D eigenvalue weighted by Crippen LogP contribution is -2.04. The Morgan fingerprint density at radius 1 is 0.944 bits per heavy atom. The second-order valence-corrected chi connectivity index (χ2v) is 5.76. The second-order valence-electron chi connectivity index (χ2n) is 3.47. The number of aliphatic hydroxyl groups excluding tert-OH is 1. The Kier molecular flexibility index (Phi) is 3.87. The summed E-state index contributed by atoms with van der Waals surface area (Å²) in [6.45, 7) is 0. The highest BCUT2D eigenvalue weighted by Gasteiger charge is 2.22. The van der Waals surface area contributed by atoms with Crippen molar-refractivity contribution in [1.82, 2.24) is 0 Å². The van der Waals surface area contributed by atoms with Crippen molar-refractivity contribution in [3.05, 3.63) is 55.5 Å². The number of benzene rings is 1. The molecule has 2 rings (SSSR count). The molecule has 1 heterocycles. The first-order valence-electron chi connectivity index (χ1n) is 4.67. The summed E-state index contributed by atoms with van der Waals surface area (Å²) in [7, 11) is 0. The Hall–Kier alpha value is -0.750. The summed E-state index contributed by atoms with van der Waals surface area (Å²) in [6, 6.07) is 2.31. The van der Waals surface area contributed by atoms with E-state index in [1.165, 1.54) is 6.07 Å². The molecule has 1 aromatic heterocycles. The van der Waals surface area contributed by atoms with Crippen molar-refractivity contribution in [3.63, 3.8) is 0 Å². The Labute approximate surface area is 114 Å². The summed E-state index contributed by atoms with van der Waals surface area (Å²) in [5, 5.41) is 9.92. The van der Waals surface area contributed by atoms with Crippen LogP contribution in [0.15, 0.2) is 18.2 Å². The molecule has 0 spiro atoms. The van der Waals surface area contributed by atoms with Crippen LogP contribution in [-0.2, 0) is 0 Å². The lowest BCUT2D eigenvalue weighted by molar-refractivity contribution is 0.214. The Morgan fingerprint density at radius 3 is 2.11 bits per heavy atom. The minimum absolute atomic E-state index is 0.150. The molecule has 0 fully saturated rings. The summed E-state index contributed by atoms with van der Waals surface area (Å²) in [6.07, 6.45) is -1.50. The van der Waals surface area contributed by atoms with Gasteiger partial charge in [0.15, 0.2) is 11.6 Å². The number of hydrogen-bond donors (Lipinski definition) is 1. The quantitative estimate of drug-likeness (QED) is 0.806. The van der Waals surface area contributed by atoms with Gasteiger partial charge in [0.05, 0.1) is 4.34 Å². The van der Waals surface area contributed by atoms with E-state index in [9.17, 15) is 18.3 Å². The molecule has 1 aromatic carbocycles. The van der Waals surface area contributed by atoms with Crippen LogP contribution in [0.3, 0.4) is 0 Å². The molecule has 0 aliphatic heterocycles. The third-order valence-corrected chi connectivity index (χ3v) is 3.83. The Balaban J connectivity index is 2.49. The molecule has 7 heteroatoms. The van der Waals surface area contributed by atoms with Crippen molar-refractivity contribution in [2.24, 2.45) is 0 Å². The molecule has 1 N–H and O–H groups in total. The molecule has 1 unspecified atom stereocenters. The van der Waals surface area contributed by atoms with E-state index in [2.05, 4.69) is 0 Å². The van der Waals surface area contributed by atoms with E-state index in [0.29, 0.717) is 16.5 Å². The first-order valence-corrected chi connectivity index (χ1v) is 6.24. The van der Waals surface area contributed by atoms with E-state index >= 15 is 0 Å². The van der Waals surface area contributed by atoms with E-state index < -0.39 is 29.1 Å². The maximum absolute atomic E-state index is 13.5. The maximum atomic E-state index is 13.5. The fourth-order valence-corrected chi connectivity index (χ4v) is 2.97. The lowest BCUT2D eigenvalue weighted by atomic mass is 10.0. The standard InChI is InChI=1S/C11H5Cl2F3OS/c12-9-2-5(11(13)18-9)10(17)4-1-7(15)8(16)3-6(4)14/h1-3,10,17H. The molecule has 0 saturated carbocycles. The van der Waals surface area contributed by atoms with Crippen LogP contribution in [0.4, 0.5) is 13.2 Å². The third-order valence-electron chi connectivity index (χ3n) is 2.31. The molecular formula is C11H5Cl2F3OS. The fraction of sp³-hybridized carbons (Fsp3) is 0.0909. The van der Waals surface area contributed by atoms with Crippen LogP contribution in [0, 0.1) is 17.5 Å². The van der Waals surface area contributed by atoms with E-state index in [1.54, 1.807) is 0 Å². The van der Waals surface area contributed by atoms with Crippen LogP contribution in [-0.4, -0.2) is 5.11 Å². The summed E-state index contributed by atoms with van der Waals surface area (Å²) in [4.78, 5) is 0. The van der Waals surface area contributed by atoms with Gasteiger partial charge in [-0.3, -0.25) is 0 Å². The number of rotatable bonds is 2. The predicted octanol–water partition coefficient (Wildman–Crippen LogP) is 4.55. The zero-order valence-corrected chi connectivity index (χ0v) is 10.9. The average Bonchev–Trinajstić information content (AvgIpc) is 2.62. The topological polar surface area (TPSA) is 20.2 Å². The van der Waals surface area contributed by atoms with Crippen LogP contribution in [0.2, 0.25) is 8.67 Å². The molecule has 0 aliphatic rings. The molecule has 1 nitrogen and oxygen atoms in total. The molecule has 18 heavy (non-hydrogen) atoms. The molecule has 0 amide bonds. The molecule has 2 aromatic rings. The van der Waals surface area contributed by atoms with Gasteiger partial charge in [0.25, 0.3) is 0 Å². The Bertz CT molecular complexity index is 600. The van der Waals surface area contributed by atoms with Crippen LogP contribution < -0.4 is 0 Å². The average molecular weight is 313 g/mol. The number of thiophene rings is 1. The van der Waals surface area contributed by atoms with Gasteiger partial charge in [-0.05, 0) is 12.1 Å². The van der Waals surface area contributed by atoms with Gasteiger partial charge >= 0.3 is 0 Å². The minimum atomic E-state index is -1.50. The molecule has 0 radical (unpaired) electrons. The molecular weight excluding hydrogens is 308 g/mol. The zero-order chi connectivity index (χ0) is 13.4. The molecule has 1 atom stereocenters. The first-order chi connectivity index (χ1) is 8.40. The summed E-state index contributed by atoms with van der Waals surface area (Å²) in [5.41, 5.74) is -0.248. The van der Waals surface area contributed by atoms with Crippen molar-refractivity contribution in [2.45, 2.75) is 6.10 Å². The normalized spacial score (nSPS) is 12.8. The molecule has 96 valence electrons. The van der Waals surface area contributed by atoms with Gasteiger partial charge < -0.3 is 5.11 Å². The summed E-state index contributed by atoms with van der Waals surface area (Å²) >= 11 is 12.5. The number of hydrogen-bond acceptors (Lipinski definition) is 2.